The predicted octanol–water partition coefficient (Wildman–Crippen LogP) is 2.39. The molecule has 0 atom stereocenters. The number of hydrogen-bond acceptors (Lipinski definition) is 4. The molecule has 1 heterocycles. The molecule has 0 aliphatic rings. The fourth-order valence-corrected chi connectivity index (χ4v) is 1.73. The van der Waals surface area contributed by atoms with Gasteiger partial charge in [-0.15, -0.1) is 0 Å². The van der Waals surface area contributed by atoms with Crippen LogP contribution in [0.2, 0.25) is 0 Å². The van der Waals surface area contributed by atoms with Gasteiger partial charge in [-0.3, -0.25) is 0 Å². The van der Waals surface area contributed by atoms with Crippen molar-refractivity contribution in [3.8, 4) is 17.0 Å². The van der Waals surface area contributed by atoms with Crippen LogP contribution in [0.5, 0.6) is 5.75 Å². The third-order valence-corrected chi connectivity index (χ3v) is 2.44. The zero-order valence-electron chi connectivity index (χ0n) is 7.07. The Morgan fingerprint density at radius 2 is 2.21 bits per heavy atom. The van der Waals surface area contributed by atoms with E-state index in [0.717, 1.165) is 4.47 Å². The lowest BCUT2D eigenvalue weighted by atomic mass is 10.1. The van der Waals surface area contributed by atoms with Gasteiger partial charge >= 0.3 is 0 Å². The molecular formula is C9H7BrN2O2. The number of aromatic nitrogens is 1. The Hall–Kier alpha value is -1.49. The van der Waals surface area contributed by atoms with Crippen LogP contribution in [0.15, 0.2) is 33.3 Å². The normalized spacial score (nSPS) is 10.4. The fourth-order valence-electron chi connectivity index (χ4n) is 1.17. The highest BCUT2D eigenvalue weighted by Gasteiger charge is 2.12. The second-order valence-electron chi connectivity index (χ2n) is 2.75. The van der Waals surface area contributed by atoms with E-state index < -0.39 is 0 Å². The largest absolute Gasteiger partial charge is 0.507 e. The Bertz CT molecular complexity index is 447. The first-order chi connectivity index (χ1) is 6.68. The monoisotopic (exact) mass is 254 g/mol. The van der Waals surface area contributed by atoms with E-state index in [1.165, 1.54) is 0 Å². The van der Waals surface area contributed by atoms with Crippen LogP contribution >= 0.6 is 15.9 Å². The summed E-state index contributed by atoms with van der Waals surface area (Å²) in [5.41, 5.74) is 6.47. The van der Waals surface area contributed by atoms with Gasteiger partial charge in [-0.05, 0) is 28.1 Å². The molecule has 72 valence electrons. The average Bonchev–Trinajstić information content (AvgIpc) is 2.51. The molecule has 0 saturated carbocycles. The number of aromatic hydroxyl groups is 1. The summed E-state index contributed by atoms with van der Waals surface area (Å²) in [5, 5.41) is 13.3. The number of phenolic OH excluding ortho intramolecular Hbond substituents is 1. The van der Waals surface area contributed by atoms with Crippen LogP contribution < -0.4 is 5.73 Å². The fraction of sp³-hybridized carbons (Fsp3) is 0. The molecular weight excluding hydrogens is 248 g/mol. The van der Waals surface area contributed by atoms with Crippen LogP contribution in [0, 0.1) is 0 Å². The van der Waals surface area contributed by atoms with Crippen LogP contribution in [0.1, 0.15) is 0 Å². The molecule has 5 heteroatoms. The quantitative estimate of drug-likeness (QED) is 0.820. The molecule has 0 unspecified atom stereocenters. The van der Waals surface area contributed by atoms with Gasteiger partial charge in [-0.1, -0.05) is 11.2 Å². The van der Waals surface area contributed by atoms with Crippen LogP contribution in [0.3, 0.4) is 0 Å². The molecule has 2 rings (SSSR count). The van der Waals surface area contributed by atoms with Crippen molar-refractivity contribution in [3.63, 3.8) is 0 Å². The number of phenols is 1. The number of nitrogen functional groups attached to an aromatic ring is 1. The maximum absolute atomic E-state index is 9.60. The summed E-state index contributed by atoms with van der Waals surface area (Å²) in [4.78, 5) is 0. The molecule has 3 N–H and O–H groups in total. The molecule has 0 aliphatic carbocycles. The van der Waals surface area contributed by atoms with E-state index in [1.54, 1.807) is 24.3 Å². The van der Waals surface area contributed by atoms with Crippen LogP contribution in [0.25, 0.3) is 11.3 Å². The van der Waals surface area contributed by atoms with Crippen molar-refractivity contribution in [2.24, 2.45) is 0 Å². The van der Waals surface area contributed by atoms with Gasteiger partial charge in [0.2, 0.25) is 5.88 Å². The Morgan fingerprint density at radius 1 is 1.43 bits per heavy atom. The Morgan fingerprint density at radius 3 is 2.79 bits per heavy atom. The van der Waals surface area contributed by atoms with E-state index in [4.69, 9.17) is 10.3 Å². The lowest BCUT2D eigenvalue weighted by Crippen LogP contribution is -1.80. The minimum Gasteiger partial charge on any atom is -0.507 e. The Kier molecular flexibility index (Phi) is 2.17. The molecule has 0 fully saturated rings. The van der Waals surface area contributed by atoms with Crippen LogP contribution in [0.4, 0.5) is 5.88 Å². The van der Waals surface area contributed by atoms with Gasteiger partial charge < -0.3 is 15.4 Å². The molecule has 0 bridgehead atoms. The minimum absolute atomic E-state index is 0.132. The number of benzene rings is 1. The molecule has 0 saturated heterocycles. The molecule has 14 heavy (non-hydrogen) atoms. The van der Waals surface area contributed by atoms with E-state index in [9.17, 15) is 5.11 Å². The molecule has 0 radical (unpaired) electrons. The van der Waals surface area contributed by atoms with Crippen LogP contribution in [-0.2, 0) is 0 Å². The highest BCUT2D eigenvalue weighted by atomic mass is 79.9. The third kappa shape index (κ3) is 1.46. The van der Waals surface area contributed by atoms with Gasteiger partial charge in [0.15, 0.2) is 0 Å². The van der Waals surface area contributed by atoms with Crippen LogP contribution in [-0.4, -0.2) is 10.3 Å². The van der Waals surface area contributed by atoms with Crippen molar-refractivity contribution in [1.29, 1.82) is 0 Å². The summed E-state index contributed by atoms with van der Waals surface area (Å²) in [6.45, 7) is 0. The summed E-state index contributed by atoms with van der Waals surface area (Å²) in [5.74, 6) is 0.350. The predicted molar refractivity (Wildman–Crippen MR) is 55.7 cm³/mol. The van der Waals surface area contributed by atoms with Gasteiger partial charge in [0.05, 0.1) is 5.56 Å². The lowest BCUT2D eigenvalue weighted by molar-refractivity contribution is 0.437. The molecule has 0 aliphatic heterocycles. The van der Waals surface area contributed by atoms with Gasteiger partial charge in [-0.25, -0.2) is 0 Å². The molecule has 1 aromatic carbocycles. The molecule has 0 amide bonds. The standard InChI is InChI=1S/C9H7BrN2O2/c10-5-2-1-3-7(13)9(5)6-4-8(11)14-12-6/h1-4,13H,11H2. The molecule has 0 spiro atoms. The molecule has 4 nitrogen and oxygen atoms in total. The highest BCUT2D eigenvalue weighted by Crippen LogP contribution is 2.35. The Labute approximate surface area is 88.5 Å². The molecule has 2 aromatic rings. The van der Waals surface area contributed by atoms with E-state index >= 15 is 0 Å². The minimum atomic E-state index is 0.132. The maximum atomic E-state index is 9.60. The van der Waals surface area contributed by atoms with Crippen molar-refractivity contribution >= 4 is 21.8 Å². The summed E-state index contributed by atoms with van der Waals surface area (Å²) < 4.78 is 5.47. The zero-order valence-corrected chi connectivity index (χ0v) is 8.65. The van der Waals surface area contributed by atoms with Crippen molar-refractivity contribution in [1.82, 2.24) is 5.16 Å². The third-order valence-electron chi connectivity index (χ3n) is 1.78. The van der Waals surface area contributed by atoms with Gasteiger partial charge in [0, 0.05) is 10.5 Å². The summed E-state index contributed by atoms with van der Waals surface area (Å²) >= 11 is 3.31. The number of nitrogens with two attached hydrogens (primary N) is 1. The first-order valence-corrected chi connectivity index (χ1v) is 4.68. The van der Waals surface area contributed by atoms with Crippen molar-refractivity contribution in [2.75, 3.05) is 5.73 Å². The summed E-state index contributed by atoms with van der Waals surface area (Å²) in [6, 6.07) is 6.66. The average molecular weight is 255 g/mol. The maximum Gasteiger partial charge on any atom is 0.222 e. The van der Waals surface area contributed by atoms with Crippen molar-refractivity contribution in [2.45, 2.75) is 0 Å². The van der Waals surface area contributed by atoms with E-state index in [1.807, 2.05) is 0 Å². The highest BCUT2D eigenvalue weighted by molar-refractivity contribution is 9.10. The zero-order chi connectivity index (χ0) is 10.1. The summed E-state index contributed by atoms with van der Waals surface area (Å²) in [7, 11) is 0. The second-order valence-corrected chi connectivity index (χ2v) is 3.60. The lowest BCUT2D eigenvalue weighted by Gasteiger charge is -2.01. The number of hydrogen-bond donors (Lipinski definition) is 2. The van der Waals surface area contributed by atoms with E-state index in [-0.39, 0.29) is 11.6 Å². The SMILES string of the molecule is Nc1cc(-c2c(O)cccc2Br)no1. The topological polar surface area (TPSA) is 72.3 Å². The Balaban J connectivity index is 2.61. The number of anilines is 1. The van der Waals surface area contributed by atoms with Gasteiger partial charge in [-0.2, -0.15) is 0 Å². The van der Waals surface area contributed by atoms with E-state index in [0.29, 0.717) is 11.3 Å². The van der Waals surface area contributed by atoms with Gasteiger partial charge in [0.1, 0.15) is 11.4 Å². The number of rotatable bonds is 1. The molecule has 1 aromatic heterocycles. The summed E-state index contributed by atoms with van der Waals surface area (Å²) in [6.07, 6.45) is 0. The first kappa shape index (κ1) is 9.08. The van der Waals surface area contributed by atoms with Gasteiger partial charge in [0.25, 0.3) is 0 Å². The van der Waals surface area contributed by atoms with Crippen molar-refractivity contribution < 1.29 is 9.63 Å². The number of nitrogens with zero attached hydrogens (tertiary/aromatic N) is 1. The second kappa shape index (κ2) is 3.34. The van der Waals surface area contributed by atoms with E-state index in [2.05, 4.69) is 21.1 Å². The number of halogens is 1. The smallest absolute Gasteiger partial charge is 0.222 e. The first-order valence-electron chi connectivity index (χ1n) is 3.88. The van der Waals surface area contributed by atoms with Crippen molar-refractivity contribution in [3.05, 3.63) is 28.7 Å².